The third kappa shape index (κ3) is 16.6. The second kappa shape index (κ2) is 22.2. The molecule has 0 aromatic rings. The van der Waals surface area contributed by atoms with E-state index in [0.717, 1.165) is 63.9 Å². The monoisotopic (exact) mass is 521 g/mol. The lowest BCUT2D eigenvalue weighted by Crippen LogP contribution is -2.52. The zero-order valence-corrected chi connectivity index (χ0v) is 23.9. The number of ether oxygens (including phenoxy) is 2. The van der Waals surface area contributed by atoms with Crippen LogP contribution < -0.4 is 5.48 Å². The molecule has 1 aliphatic rings. The number of nitrogens with one attached hydrogen (secondary N) is 1. The van der Waals surface area contributed by atoms with E-state index in [1.165, 1.54) is 31.0 Å². The number of thioether (sulfide) groups is 1. The van der Waals surface area contributed by atoms with Crippen molar-refractivity contribution in [1.82, 2.24) is 5.48 Å². The summed E-state index contributed by atoms with van der Waals surface area (Å²) in [6.07, 6.45) is 11.7. The lowest BCUT2D eigenvalue weighted by molar-refractivity contribution is -0.111. The number of unbranched alkanes of at least 4 members (excludes halogenated alkanes) is 5. The van der Waals surface area contributed by atoms with E-state index < -0.39 is 8.80 Å². The van der Waals surface area contributed by atoms with E-state index in [2.05, 4.69) is 26.3 Å². The van der Waals surface area contributed by atoms with Crippen LogP contribution in [0.4, 0.5) is 0 Å². The van der Waals surface area contributed by atoms with Crippen molar-refractivity contribution >= 4 is 25.7 Å². The van der Waals surface area contributed by atoms with Gasteiger partial charge in [0.25, 0.3) is 0 Å². The van der Waals surface area contributed by atoms with Crippen LogP contribution in [0.3, 0.4) is 0 Å². The Hall–Kier alpha value is -0.00312. The predicted molar refractivity (Wildman–Crippen MR) is 142 cm³/mol. The molecule has 7 nitrogen and oxygen atoms in total. The summed E-state index contributed by atoms with van der Waals surface area (Å²) < 4.78 is 29.7. The average Bonchev–Trinajstić information content (AvgIpc) is 2.82. The summed E-state index contributed by atoms with van der Waals surface area (Å²) in [5, 5.41) is 0.297. The van der Waals surface area contributed by atoms with Crippen LogP contribution >= 0.6 is 11.8 Å². The zero-order valence-electron chi connectivity index (χ0n) is 22.1. The smallest absolute Gasteiger partial charge is 0.379 e. The van der Waals surface area contributed by atoms with E-state index in [0.29, 0.717) is 56.5 Å². The van der Waals surface area contributed by atoms with E-state index in [1.807, 2.05) is 0 Å². The second-order valence-corrected chi connectivity index (χ2v) is 12.8. The lowest BCUT2D eigenvalue weighted by atomic mass is 10.0. The van der Waals surface area contributed by atoms with Gasteiger partial charge in [-0.1, -0.05) is 71.1 Å². The molecule has 0 radical (unpaired) electrons. The molecule has 0 aromatic carbocycles. The van der Waals surface area contributed by atoms with Crippen molar-refractivity contribution in [3.05, 3.63) is 0 Å². The molecule has 202 valence electrons. The van der Waals surface area contributed by atoms with Crippen LogP contribution in [-0.4, -0.2) is 65.9 Å². The maximum absolute atomic E-state index is 12.2. The van der Waals surface area contributed by atoms with Crippen molar-refractivity contribution in [2.45, 2.75) is 97.4 Å². The molecule has 0 spiro atoms. The maximum Gasteiger partial charge on any atom is 0.518 e. The lowest BCUT2D eigenvalue weighted by Gasteiger charge is -2.33. The Labute approximate surface area is 214 Å². The van der Waals surface area contributed by atoms with Gasteiger partial charge in [-0.05, 0) is 31.6 Å². The van der Waals surface area contributed by atoms with Crippen LogP contribution in [0.15, 0.2) is 0 Å². The number of hydrogen-bond acceptors (Lipinski definition) is 8. The summed E-state index contributed by atoms with van der Waals surface area (Å²) in [4.78, 5) is 12.2. The first kappa shape index (κ1) is 32.0. The Morgan fingerprint density at radius 2 is 1.68 bits per heavy atom. The van der Waals surface area contributed by atoms with Crippen molar-refractivity contribution in [3.8, 4) is 0 Å². The number of hydroxylamine groups is 1. The van der Waals surface area contributed by atoms with Gasteiger partial charge in [0.2, 0.25) is 0 Å². The molecule has 1 rings (SSSR count). The quantitative estimate of drug-likeness (QED) is 0.151. The molecule has 34 heavy (non-hydrogen) atoms. The van der Waals surface area contributed by atoms with E-state index in [1.54, 1.807) is 0 Å². The number of carbonyl (C=O) groups excluding carboxylic acids is 1. The summed E-state index contributed by atoms with van der Waals surface area (Å²) in [5.74, 6) is 1.33. The molecule has 0 bridgehead atoms. The molecule has 0 aromatic heterocycles. The van der Waals surface area contributed by atoms with E-state index in [-0.39, 0.29) is 0 Å². The van der Waals surface area contributed by atoms with Gasteiger partial charge in [0.1, 0.15) is 0 Å². The molecule has 0 amide bonds. The Bertz CT molecular complexity index is 478. The van der Waals surface area contributed by atoms with Crippen LogP contribution in [-0.2, 0) is 27.6 Å². The molecule has 1 heterocycles. The SMILES string of the molecule is CCCCCCCC(=O)SCCC[Si]1(OCCOCCOCCCC)OCCC(CC)CNO1. The van der Waals surface area contributed by atoms with Crippen LogP contribution in [0.2, 0.25) is 6.04 Å². The summed E-state index contributed by atoms with van der Waals surface area (Å²) in [6, 6.07) is 0.702. The van der Waals surface area contributed by atoms with Crippen LogP contribution in [0.25, 0.3) is 0 Å². The van der Waals surface area contributed by atoms with Crippen molar-refractivity contribution in [2.75, 3.05) is 51.9 Å². The molecule has 9 heteroatoms. The van der Waals surface area contributed by atoms with Gasteiger partial charge in [0, 0.05) is 38.0 Å². The first-order valence-corrected chi connectivity index (χ1v) is 16.6. The summed E-state index contributed by atoms with van der Waals surface area (Å²) in [5.41, 5.74) is 3.13. The molecule has 1 fully saturated rings. The zero-order chi connectivity index (χ0) is 24.7. The van der Waals surface area contributed by atoms with Gasteiger partial charge in [-0.2, -0.15) is 0 Å². The fraction of sp³-hybridized carbons (Fsp3) is 0.960. The van der Waals surface area contributed by atoms with E-state index >= 15 is 0 Å². The van der Waals surface area contributed by atoms with Gasteiger partial charge in [-0.3, -0.25) is 9.32 Å². The Morgan fingerprint density at radius 1 is 0.941 bits per heavy atom. The van der Waals surface area contributed by atoms with Gasteiger partial charge >= 0.3 is 8.80 Å². The molecule has 2 unspecified atom stereocenters. The van der Waals surface area contributed by atoms with E-state index in [4.69, 9.17) is 22.9 Å². The van der Waals surface area contributed by atoms with Crippen molar-refractivity contribution in [2.24, 2.45) is 5.92 Å². The molecule has 0 saturated carbocycles. The molecule has 2 atom stereocenters. The summed E-state index contributed by atoms with van der Waals surface area (Å²) in [7, 11) is -2.85. The molecule has 1 saturated heterocycles. The first-order valence-electron chi connectivity index (χ1n) is 13.7. The van der Waals surface area contributed by atoms with Gasteiger partial charge in [0.15, 0.2) is 5.12 Å². The van der Waals surface area contributed by atoms with Gasteiger partial charge in [-0.15, -0.1) is 0 Å². The van der Waals surface area contributed by atoms with Crippen molar-refractivity contribution in [3.63, 3.8) is 0 Å². The minimum atomic E-state index is -2.85. The van der Waals surface area contributed by atoms with Crippen molar-refractivity contribution in [1.29, 1.82) is 0 Å². The fourth-order valence-electron chi connectivity index (χ4n) is 3.64. The highest BCUT2D eigenvalue weighted by Gasteiger charge is 2.42. The summed E-state index contributed by atoms with van der Waals surface area (Å²) in [6.45, 7) is 10.9. The minimum Gasteiger partial charge on any atom is -0.379 e. The minimum absolute atomic E-state index is 0.297. The highest BCUT2D eigenvalue weighted by Crippen LogP contribution is 2.23. The Kier molecular flexibility index (Phi) is 20.9. The molecule has 1 N–H and O–H groups in total. The number of rotatable bonds is 21. The fourth-order valence-corrected chi connectivity index (χ4v) is 7.03. The first-order chi connectivity index (χ1) is 16.7. The average molecular weight is 522 g/mol. The van der Waals surface area contributed by atoms with Crippen LogP contribution in [0.5, 0.6) is 0 Å². The third-order valence-electron chi connectivity index (χ3n) is 5.96. The van der Waals surface area contributed by atoms with Gasteiger partial charge in [-0.25, -0.2) is 5.48 Å². The largest absolute Gasteiger partial charge is 0.518 e. The van der Waals surface area contributed by atoms with Crippen LogP contribution in [0, 0.1) is 5.92 Å². The third-order valence-corrected chi connectivity index (χ3v) is 9.69. The Morgan fingerprint density at radius 3 is 2.44 bits per heavy atom. The number of hydrogen-bond donors (Lipinski definition) is 1. The molecular weight excluding hydrogens is 470 g/mol. The Balaban J connectivity index is 2.34. The molecule has 0 aliphatic carbocycles. The second-order valence-electron chi connectivity index (χ2n) is 8.96. The summed E-state index contributed by atoms with van der Waals surface area (Å²) >= 11 is 1.44. The maximum atomic E-state index is 12.2. The highest BCUT2D eigenvalue weighted by atomic mass is 32.2. The van der Waals surface area contributed by atoms with Gasteiger partial charge in [0.05, 0.1) is 26.4 Å². The standard InChI is InChI=1S/C25H51NO6SSi/c1-4-7-9-10-11-13-25(27)33-21-12-22-34(30-16-14-24(6-3)23-26-32-34)31-20-19-29-18-17-28-15-8-5-2/h24,26H,4-23H2,1-3H3. The normalized spacial score (nSPS) is 21.3. The van der Waals surface area contributed by atoms with E-state index in [9.17, 15) is 4.79 Å². The molecule has 1 aliphatic heterocycles. The van der Waals surface area contributed by atoms with Crippen molar-refractivity contribution < 1.29 is 27.6 Å². The highest BCUT2D eigenvalue weighted by molar-refractivity contribution is 8.13. The molecular formula is C25H51NO6SSi. The number of carbonyl (C=O) groups is 1. The predicted octanol–water partition coefficient (Wildman–Crippen LogP) is 5.75. The van der Waals surface area contributed by atoms with Crippen LogP contribution in [0.1, 0.15) is 91.4 Å². The topological polar surface area (TPSA) is 75.3 Å². The van der Waals surface area contributed by atoms with Gasteiger partial charge < -0.3 is 18.3 Å².